The number of rotatable bonds is 6. The lowest BCUT2D eigenvalue weighted by Crippen LogP contribution is -2.25. The molecule has 0 fully saturated rings. The molecular formula is C22H20N2O2. The SMILES string of the molecule is CC(C=Cc1ccccc1)=NNC(=O)COc1cccc2ccccc12. The Kier molecular flexibility index (Phi) is 5.78. The van der Waals surface area contributed by atoms with Gasteiger partial charge in [-0.05, 0) is 30.0 Å². The summed E-state index contributed by atoms with van der Waals surface area (Å²) in [5.74, 6) is 0.383. The van der Waals surface area contributed by atoms with E-state index < -0.39 is 0 Å². The van der Waals surface area contributed by atoms with E-state index in [-0.39, 0.29) is 12.5 Å². The van der Waals surface area contributed by atoms with Crippen LogP contribution in [0.3, 0.4) is 0 Å². The van der Waals surface area contributed by atoms with Gasteiger partial charge in [0.2, 0.25) is 0 Å². The number of amides is 1. The Balaban J connectivity index is 1.54. The predicted octanol–water partition coefficient (Wildman–Crippen LogP) is 4.42. The number of nitrogens with one attached hydrogen (secondary N) is 1. The number of fused-ring (bicyclic) bond motifs is 1. The van der Waals surface area contributed by atoms with Gasteiger partial charge < -0.3 is 4.74 Å². The van der Waals surface area contributed by atoms with Crippen molar-refractivity contribution in [3.63, 3.8) is 0 Å². The van der Waals surface area contributed by atoms with E-state index in [1.54, 1.807) is 0 Å². The van der Waals surface area contributed by atoms with Gasteiger partial charge in [0.15, 0.2) is 6.61 Å². The highest BCUT2D eigenvalue weighted by Gasteiger charge is 2.05. The average Bonchev–Trinajstić information content (AvgIpc) is 2.70. The van der Waals surface area contributed by atoms with Gasteiger partial charge in [-0.2, -0.15) is 5.10 Å². The fraction of sp³-hybridized carbons (Fsp3) is 0.0909. The van der Waals surface area contributed by atoms with E-state index >= 15 is 0 Å². The van der Waals surface area contributed by atoms with Gasteiger partial charge in [-0.25, -0.2) is 5.43 Å². The van der Waals surface area contributed by atoms with Crippen LogP contribution in [0.1, 0.15) is 12.5 Å². The molecule has 0 radical (unpaired) electrons. The topological polar surface area (TPSA) is 50.7 Å². The van der Waals surface area contributed by atoms with Gasteiger partial charge in [-0.3, -0.25) is 4.79 Å². The van der Waals surface area contributed by atoms with Gasteiger partial charge in [-0.1, -0.05) is 72.8 Å². The Bertz CT molecular complexity index is 941. The molecule has 1 N–H and O–H groups in total. The van der Waals surface area contributed by atoms with E-state index in [1.807, 2.05) is 91.9 Å². The van der Waals surface area contributed by atoms with Gasteiger partial charge in [0.05, 0.1) is 5.71 Å². The van der Waals surface area contributed by atoms with Crippen LogP contribution in [-0.4, -0.2) is 18.2 Å². The van der Waals surface area contributed by atoms with Crippen LogP contribution in [-0.2, 0) is 4.79 Å². The maximum atomic E-state index is 12.0. The van der Waals surface area contributed by atoms with Crippen LogP contribution in [0.25, 0.3) is 16.8 Å². The molecule has 0 saturated heterocycles. The van der Waals surface area contributed by atoms with Crippen molar-refractivity contribution in [1.29, 1.82) is 0 Å². The summed E-state index contributed by atoms with van der Waals surface area (Å²) in [6, 6.07) is 23.6. The third-order valence-electron chi connectivity index (χ3n) is 3.78. The van der Waals surface area contributed by atoms with Gasteiger partial charge in [0, 0.05) is 5.39 Å². The zero-order valence-electron chi connectivity index (χ0n) is 14.6. The van der Waals surface area contributed by atoms with E-state index in [4.69, 9.17) is 4.74 Å². The second-order valence-electron chi connectivity index (χ2n) is 5.80. The molecule has 0 aromatic heterocycles. The maximum absolute atomic E-state index is 12.0. The number of carbonyl (C=O) groups excluding carboxylic acids is 1. The van der Waals surface area contributed by atoms with Crippen LogP contribution in [0, 0.1) is 0 Å². The molecule has 0 heterocycles. The molecule has 0 bridgehead atoms. The zero-order valence-corrected chi connectivity index (χ0v) is 14.6. The monoisotopic (exact) mass is 344 g/mol. The number of benzene rings is 3. The van der Waals surface area contributed by atoms with Crippen LogP contribution in [0.2, 0.25) is 0 Å². The zero-order chi connectivity index (χ0) is 18.2. The molecule has 26 heavy (non-hydrogen) atoms. The third-order valence-corrected chi connectivity index (χ3v) is 3.78. The first-order valence-electron chi connectivity index (χ1n) is 8.39. The third kappa shape index (κ3) is 4.80. The number of hydrogen-bond acceptors (Lipinski definition) is 3. The predicted molar refractivity (Wildman–Crippen MR) is 106 cm³/mol. The van der Waals surface area contributed by atoms with E-state index in [9.17, 15) is 4.79 Å². The van der Waals surface area contributed by atoms with E-state index in [0.29, 0.717) is 11.5 Å². The Morgan fingerprint density at radius 3 is 2.58 bits per heavy atom. The molecule has 0 saturated carbocycles. The minimum absolute atomic E-state index is 0.0901. The fourth-order valence-electron chi connectivity index (χ4n) is 2.47. The van der Waals surface area contributed by atoms with Crippen molar-refractivity contribution in [3.8, 4) is 5.75 Å². The maximum Gasteiger partial charge on any atom is 0.277 e. The lowest BCUT2D eigenvalue weighted by atomic mass is 10.1. The average molecular weight is 344 g/mol. The van der Waals surface area contributed by atoms with Gasteiger partial charge in [-0.15, -0.1) is 0 Å². The molecule has 0 aliphatic heterocycles. The Morgan fingerprint density at radius 1 is 1.00 bits per heavy atom. The minimum atomic E-state index is -0.301. The highest BCUT2D eigenvalue weighted by molar-refractivity contribution is 5.97. The van der Waals surface area contributed by atoms with Crippen molar-refractivity contribution < 1.29 is 9.53 Å². The Morgan fingerprint density at radius 2 is 1.73 bits per heavy atom. The summed E-state index contributed by atoms with van der Waals surface area (Å²) < 4.78 is 5.64. The Labute approximate surface area is 152 Å². The normalized spacial score (nSPS) is 11.7. The first-order chi connectivity index (χ1) is 12.7. The summed E-state index contributed by atoms with van der Waals surface area (Å²) >= 11 is 0. The van der Waals surface area contributed by atoms with Crippen LogP contribution in [0.15, 0.2) is 84.0 Å². The highest BCUT2D eigenvalue weighted by atomic mass is 16.5. The fourth-order valence-corrected chi connectivity index (χ4v) is 2.47. The van der Waals surface area contributed by atoms with Crippen LogP contribution >= 0.6 is 0 Å². The first kappa shape index (κ1) is 17.4. The molecule has 0 aliphatic rings. The van der Waals surface area contributed by atoms with Crippen LogP contribution < -0.4 is 10.2 Å². The van der Waals surface area contributed by atoms with Gasteiger partial charge in [0.1, 0.15) is 5.75 Å². The molecular weight excluding hydrogens is 324 g/mol. The second-order valence-corrected chi connectivity index (χ2v) is 5.80. The molecule has 3 aromatic carbocycles. The lowest BCUT2D eigenvalue weighted by molar-refractivity contribution is -0.123. The first-order valence-corrected chi connectivity index (χ1v) is 8.39. The van der Waals surface area contributed by atoms with Crippen molar-refractivity contribution in [2.45, 2.75) is 6.92 Å². The van der Waals surface area contributed by atoms with E-state index in [2.05, 4.69) is 10.5 Å². The molecule has 0 atom stereocenters. The molecule has 4 heteroatoms. The Hall–Kier alpha value is -3.40. The second kappa shape index (κ2) is 8.62. The number of allylic oxidation sites excluding steroid dienone is 1. The van der Waals surface area contributed by atoms with E-state index in [1.165, 1.54) is 0 Å². The molecule has 0 aliphatic carbocycles. The summed E-state index contributed by atoms with van der Waals surface area (Å²) in [5, 5.41) is 6.12. The summed E-state index contributed by atoms with van der Waals surface area (Å²) in [4.78, 5) is 12.0. The molecule has 0 spiro atoms. The molecule has 3 aromatic rings. The molecule has 1 amide bonds. The largest absolute Gasteiger partial charge is 0.483 e. The van der Waals surface area contributed by atoms with Gasteiger partial charge in [0.25, 0.3) is 5.91 Å². The van der Waals surface area contributed by atoms with Crippen molar-refractivity contribution in [1.82, 2.24) is 5.43 Å². The van der Waals surface area contributed by atoms with E-state index in [0.717, 1.165) is 16.3 Å². The smallest absolute Gasteiger partial charge is 0.277 e. The summed E-state index contributed by atoms with van der Waals surface area (Å²) in [6.45, 7) is 1.73. The van der Waals surface area contributed by atoms with Crippen molar-refractivity contribution >= 4 is 28.5 Å². The number of ether oxygens (including phenoxy) is 1. The lowest BCUT2D eigenvalue weighted by Gasteiger charge is -2.08. The molecule has 130 valence electrons. The number of hydrazone groups is 1. The van der Waals surface area contributed by atoms with Crippen molar-refractivity contribution in [2.75, 3.05) is 6.61 Å². The standard InChI is InChI=1S/C22H20N2O2/c1-17(14-15-18-8-3-2-4-9-18)23-24-22(25)16-26-21-13-7-11-19-10-5-6-12-20(19)21/h2-15H,16H2,1H3,(H,24,25). The highest BCUT2D eigenvalue weighted by Crippen LogP contribution is 2.24. The van der Waals surface area contributed by atoms with Gasteiger partial charge >= 0.3 is 0 Å². The number of carbonyl (C=O) groups is 1. The number of nitrogens with zero attached hydrogens (tertiary/aromatic N) is 1. The summed E-state index contributed by atoms with van der Waals surface area (Å²) in [7, 11) is 0. The van der Waals surface area contributed by atoms with Crippen molar-refractivity contribution in [3.05, 3.63) is 84.4 Å². The van der Waals surface area contributed by atoms with Crippen molar-refractivity contribution in [2.24, 2.45) is 5.10 Å². The summed E-state index contributed by atoms with van der Waals surface area (Å²) in [6.07, 6.45) is 3.79. The van der Waals surface area contributed by atoms with Crippen LogP contribution in [0.4, 0.5) is 0 Å². The number of hydrogen-bond donors (Lipinski definition) is 1. The molecule has 4 nitrogen and oxygen atoms in total. The summed E-state index contributed by atoms with van der Waals surface area (Å²) in [5.41, 5.74) is 4.29. The molecule has 0 unspecified atom stereocenters. The quantitative estimate of drug-likeness (QED) is 0.531. The minimum Gasteiger partial charge on any atom is -0.483 e. The van der Waals surface area contributed by atoms with Crippen LogP contribution in [0.5, 0.6) is 5.75 Å². The molecule has 3 rings (SSSR count).